The third-order valence-corrected chi connectivity index (χ3v) is 2.53. The number of methoxy groups -OCH3 is 1. The number of hydrogen-bond acceptors (Lipinski definition) is 3. The minimum atomic E-state index is -0.195. The highest BCUT2D eigenvalue weighted by atomic mass is 16.5. The first kappa shape index (κ1) is 12.7. The standard InChI is InChI=1S/C13H19NO2/c1-10-4-3-5-11(8-10)9-12(14)6-7-13(15)16-2/h3-5,8,12H,6-7,9,14H2,1-2H3. The van der Waals surface area contributed by atoms with Crippen LogP contribution in [-0.2, 0) is 16.0 Å². The number of carbonyl (C=O) groups excluding carboxylic acids is 1. The summed E-state index contributed by atoms with van der Waals surface area (Å²) in [6, 6.07) is 8.28. The topological polar surface area (TPSA) is 52.3 Å². The lowest BCUT2D eigenvalue weighted by Gasteiger charge is -2.11. The fourth-order valence-electron chi connectivity index (χ4n) is 1.65. The van der Waals surface area contributed by atoms with Crippen molar-refractivity contribution in [3.63, 3.8) is 0 Å². The molecule has 0 aliphatic rings. The molecule has 16 heavy (non-hydrogen) atoms. The van der Waals surface area contributed by atoms with Gasteiger partial charge in [-0.3, -0.25) is 4.79 Å². The van der Waals surface area contributed by atoms with Crippen LogP contribution < -0.4 is 5.73 Å². The van der Waals surface area contributed by atoms with Gasteiger partial charge in [0.25, 0.3) is 0 Å². The molecule has 1 unspecified atom stereocenters. The normalized spacial score (nSPS) is 12.2. The Morgan fingerprint density at radius 1 is 1.50 bits per heavy atom. The van der Waals surface area contributed by atoms with Crippen molar-refractivity contribution in [1.29, 1.82) is 0 Å². The molecule has 1 rings (SSSR count). The molecule has 0 fully saturated rings. The van der Waals surface area contributed by atoms with Crippen molar-refractivity contribution in [3.05, 3.63) is 35.4 Å². The monoisotopic (exact) mass is 221 g/mol. The second kappa shape index (κ2) is 6.28. The molecule has 0 saturated carbocycles. The highest BCUT2D eigenvalue weighted by Crippen LogP contribution is 2.08. The number of aryl methyl sites for hydroxylation is 1. The highest BCUT2D eigenvalue weighted by Gasteiger charge is 2.07. The van der Waals surface area contributed by atoms with Gasteiger partial charge in [-0.15, -0.1) is 0 Å². The molecule has 1 aromatic carbocycles. The molecule has 2 N–H and O–H groups in total. The van der Waals surface area contributed by atoms with E-state index in [0.717, 1.165) is 6.42 Å². The number of ether oxygens (including phenoxy) is 1. The van der Waals surface area contributed by atoms with E-state index in [1.54, 1.807) is 0 Å². The number of rotatable bonds is 5. The number of hydrogen-bond donors (Lipinski definition) is 1. The van der Waals surface area contributed by atoms with Crippen LogP contribution in [0.5, 0.6) is 0 Å². The smallest absolute Gasteiger partial charge is 0.305 e. The van der Waals surface area contributed by atoms with Crippen LogP contribution in [0.2, 0.25) is 0 Å². The van der Waals surface area contributed by atoms with Crippen LogP contribution in [0.15, 0.2) is 24.3 Å². The predicted octanol–water partition coefficient (Wildman–Crippen LogP) is 1.82. The van der Waals surface area contributed by atoms with Gasteiger partial charge in [-0.05, 0) is 25.3 Å². The van der Waals surface area contributed by atoms with Crippen molar-refractivity contribution in [3.8, 4) is 0 Å². The van der Waals surface area contributed by atoms with Gasteiger partial charge in [0.15, 0.2) is 0 Å². The Morgan fingerprint density at radius 3 is 2.88 bits per heavy atom. The fourth-order valence-corrected chi connectivity index (χ4v) is 1.65. The molecular weight excluding hydrogens is 202 g/mol. The second-order valence-corrected chi connectivity index (χ2v) is 4.07. The summed E-state index contributed by atoms with van der Waals surface area (Å²) in [4.78, 5) is 10.9. The molecule has 3 nitrogen and oxygen atoms in total. The summed E-state index contributed by atoms with van der Waals surface area (Å²) >= 11 is 0. The van der Waals surface area contributed by atoms with Crippen LogP contribution in [0.4, 0.5) is 0 Å². The lowest BCUT2D eigenvalue weighted by atomic mass is 10.0. The summed E-state index contributed by atoms with van der Waals surface area (Å²) in [5, 5.41) is 0. The van der Waals surface area contributed by atoms with Crippen LogP contribution in [0.25, 0.3) is 0 Å². The zero-order valence-corrected chi connectivity index (χ0v) is 9.90. The molecule has 3 heteroatoms. The molecule has 0 amide bonds. The molecule has 88 valence electrons. The van der Waals surface area contributed by atoms with E-state index in [2.05, 4.69) is 29.9 Å². The van der Waals surface area contributed by atoms with Gasteiger partial charge >= 0.3 is 5.97 Å². The van der Waals surface area contributed by atoms with Crippen LogP contribution >= 0.6 is 0 Å². The minimum Gasteiger partial charge on any atom is -0.469 e. The summed E-state index contributed by atoms with van der Waals surface area (Å²) < 4.78 is 4.58. The molecule has 0 aliphatic heterocycles. The molecule has 1 atom stereocenters. The lowest BCUT2D eigenvalue weighted by Crippen LogP contribution is -2.24. The Bertz CT molecular complexity index is 350. The first-order valence-corrected chi connectivity index (χ1v) is 5.49. The van der Waals surface area contributed by atoms with Crippen LogP contribution in [0, 0.1) is 6.92 Å². The van der Waals surface area contributed by atoms with Crippen molar-refractivity contribution in [1.82, 2.24) is 0 Å². The maximum absolute atomic E-state index is 10.9. The summed E-state index contributed by atoms with van der Waals surface area (Å²) in [5.41, 5.74) is 8.40. The Kier molecular flexibility index (Phi) is 4.99. The maximum atomic E-state index is 10.9. The second-order valence-electron chi connectivity index (χ2n) is 4.07. The van der Waals surface area contributed by atoms with E-state index in [9.17, 15) is 4.79 Å². The summed E-state index contributed by atoms with van der Waals surface area (Å²) in [5.74, 6) is -0.195. The van der Waals surface area contributed by atoms with Gasteiger partial charge in [0.1, 0.15) is 0 Å². The number of nitrogens with two attached hydrogens (primary N) is 1. The van der Waals surface area contributed by atoms with E-state index in [1.165, 1.54) is 18.2 Å². The lowest BCUT2D eigenvalue weighted by molar-refractivity contribution is -0.140. The van der Waals surface area contributed by atoms with Gasteiger partial charge < -0.3 is 10.5 Å². The Balaban J connectivity index is 2.39. The summed E-state index contributed by atoms with van der Waals surface area (Å²) in [6.45, 7) is 2.06. The molecule has 0 aromatic heterocycles. The van der Waals surface area contributed by atoms with Gasteiger partial charge in [-0.25, -0.2) is 0 Å². The van der Waals surface area contributed by atoms with Crippen LogP contribution in [-0.4, -0.2) is 19.1 Å². The van der Waals surface area contributed by atoms with Crippen molar-refractivity contribution < 1.29 is 9.53 Å². The van der Waals surface area contributed by atoms with Gasteiger partial charge in [0.05, 0.1) is 7.11 Å². The van der Waals surface area contributed by atoms with E-state index >= 15 is 0 Å². The van der Waals surface area contributed by atoms with Crippen molar-refractivity contribution >= 4 is 5.97 Å². The Labute approximate surface area is 96.6 Å². The maximum Gasteiger partial charge on any atom is 0.305 e. The van der Waals surface area contributed by atoms with Crippen LogP contribution in [0.3, 0.4) is 0 Å². The van der Waals surface area contributed by atoms with Gasteiger partial charge in [-0.1, -0.05) is 29.8 Å². The molecular formula is C13H19NO2. The molecule has 0 saturated heterocycles. The largest absolute Gasteiger partial charge is 0.469 e. The Morgan fingerprint density at radius 2 is 2.25 bits per heavy atom. The quantitative estimate of drug-likeness (QED) is 0.772. The van der Waals surface area contributed by atoms with E-state index < -0.39 is 0 Å². The average Bonchev–Trinajstić information content (AvgIpc) is 2.26. The van der Waals surface area contributed by atoms with Crippen molar-refractivity contribution in [2.75, 3.05) is 7.11 Å². The first-order valence-electron chi connectivity index (χ1n) is 5.49. The van der Waals surface area contributed by atoms with Gasteiger partial charge in [-0.2, -0.15) is 0 Å². The highest BCUT2D eigenvalue weighted by molar-refractivity contribution is 5.69. The zero-order valence-electron chi connectivity index (χ0n) is 9.90. The van der Waals surface area contributed by atoms with Crippen molar-refractivity contribution in [2.45, 2.75) is 32.2 Å². The minimum absolute atomic E-state index is 0.0147. The molecule has 0 aliphatic carbocycles. The molecule has 0 radical (unpaired) electrons. The number of carbonyl (C=O) groups is 1. The van der Waals surface area contributed by atoms with E-state index in [-0.39, 0.29) is 12.0 Å². The SMILES string of the molecule is COC(=O)CCC(N)Cc1cccc(C)c1. The summed E-state index contributed by atoms with van der Waals surface area (Å²) in [7, 11) is 1.40. The zero-order chi connectivity index (χ0) is 12.0. The van der Waals surface area contributed by atoms with Gasteiger partial charge in [0, 0.05) is 12.5 Å². The number of esters is 1. The molecule has 1 aromatic rings. The average molecular weight is 221 g/mol. The number of benzene rings is 1. The third kappa shape index (κ3) is 4.45. The summed E-state index contributed by atoms with van der Waals surface area (Å²) in [6.07, 6.45) is 1.86. The molecule has 0 heterocycles. The predicted molar refractivity (Wildman–Crippen MR) is 64.1 cm³/mol. The van der Waals surface area contributed by atoms with E-state index in [0.29, 0.717) is 12.8 Å². The van der Waals surface area contributed by atoms with Crippen LogP contribution in [0.1, 0.15) is 24.0 Å². The molecule has 0 bridgehead atoms. The first-order chi connectivity index (χ1) is 7.61. The van der Waals surface area contributed by atoms with Crippen molar-refractivity contribution in [2.24, 2.45) is 5.73 Å². The van der Waals surface area contributed by atoms with E-state index in [4.69, 9.17) is 5.73 Å². The Hall–Kier alpha value is -1.35. The van der Waals surface area contributed by atoms with E-state index in [1.807, 2.05) is 6.07 Å². The third-order valence-electron chi connectivity index (χ3n) is 2.53. The molecule has 0 spiro atoms. The fraction of sp³-hybridized carbons (Fsp3) is 0.462. The van der Waals surface area contributed by atoms with Gasteiger partial charge in [0.2, 0.25) is 0 Å².